The normalized spacial score (nSPS) is 47.9. The topological polar surface area (TPSA) is 0 Å². The van der Waals surface area contributed by atoms with Crippen molar-refractivity contribution in [2.75, 3.05) is 11.8 Å². The van der Waals surface area contributed by atoms with Gasteiger partial charge in [-0.2, -0.15) is 0 Å². The Morgan fingerprint density at radius 1 is 1.00 bits per heavy atom. The fourth-order valence-corrected chi connectivity index (χ4v) is 6.15. The molecule has 0 saturated heterocycles. The third-order valence-electron chi connectivity index (χ3n) is 3.84. The van der Waals surface area contributed by atoms with Gasteiger partial charge in [-0.15, -0.1) is 58.0 Å². The Balaban J connectivity index is 2.50. The maximum Gasteiger partial charge on any atom is 0.0583 e. The van der Waals surface area contributed by atoms with Gasteiger partial charge in [0.15, 0.2) is 0 Å². The van der Waals surface area contributed by atoms with E-state index in [0.717, 1.165) is 5.57 Å². The number of fused-ring (bicyclic) bond motifs is 2. The van der Waals surface area contributed by atoms with Gasteiger partial charge in [0, 0.05) is 39.9 Å². The Hall–Kier alpha value is 1.48. The number of hydrogen-bond acceptors (Lipinski definition) is 0. The molecule has 0 spiro atoms. The highest BCUT2D eigenvalue weighted by Gasteiger charge is 2.66. The molecule has 2 bridgehead atoms. The first-order valence-electron chi connectivity index (χ1n) is 4.90. The summed E-state index contributed by atoms with van der Waals surface area (Å²) in [5, 5.41) is -0.529. The van der Waals surface area contributed by atoms with E-state index in [1.54, 1.807) is 0 Å². The second kappa shape index (κ2) is 4.87. The SMILES string of the molecule is Cl/C=C1\[C@H]2C(Cl)C([C@@H](Cl)[C@@H]2Cl)C1(CCl)CCl. The molecule has 2 aliphatic carbocycles. The second-order valence-electron chi connectivity index (χ2n) is 4.37. The Labute approximate surface area is 125 Å². The summed E-state index contributed by atoms with van der Waals surface area (Å²) in [5.74, 6) is 0.701. The molecule has 0 heterocycles. The van der Waals surface area contributed by atoms with Crippen LogP contribution in [-0.4, -0.2) is 27.9 Å². The molecule has 2 saturated carbocycles. The molecule has 0 aromatic heterocycles. The molecule has 2 rings (SSSR count). The molecule has 0 radical (unpaired) electrons. The molecule has 0 N–H and O–H groups in total. The van der Waals surface area contributed by atoms with Crippen molar-refractivity contribution >= 4 is 69.6 Å². The van der Waals surface area contributed by atoms with E-state index in [-0.39, 0.29) is 28.0 Å². The van der Waals surface area contributed by atoms with Crippen LogP contribution < -0.4 is 0 Å². The molecule has 0 amide bonds. The van der Waals surface area contributed by atoms with E-state index in [4.69, 9.17) is 69.6 Å². The van der Waals surface area contributed by atoms with Crippen molar-refractivity contribution in [1.29, 1.82) is 0 Å². The van der Waals surface area contributed by atoms with Crippen LogP contribution in [0.3, 0.4) is 0 Å². The lowest BCUT2D eigenvalue weighted by Gasteiger charge is -2.40. The minimum atomic E-state index is -0.403. The van der Waals surface area contributed by atoms with E-state index in [1.807, 2.05) is 0 Å². The summed E-state index contributed by atoms with van der Waals surface area (Å²) < 4.78 is 0. The molecule has 0 aliphatic heterocycles. The summed E-state index contributed by atoms with van der Waals surface area (Å²) in [5.41, 5.74) is 2.09. The molecule has 92 valence electrons. The van der Waals surface area contributed by atoms with Crippen molar-refractivity contribution < 1.29 is 0 Å². The Bertz CT molecular complexity index is 310. The first-order chi connectivity index (χ1) is 7.55. The van der Waals surface area contributed by atoms with Crippen molar-refractivity contribution in [2.24, 2.45) is 17.3 Å². The van der Waals surface area contributed by atoms with E-state index in [2.05, 4.69) is 0 Å². The molecule has 2 aliphatic rings. The predicted molar refractivity (Wildman–Crippen MR) is 73.7 cm³/mol. The maximum atomic E-state index is 6.39. The minimum absolute atomic E-state index is 0.0108. The van der Waals surface area contributed by atoms with Crippen molar-refractivity contribution in [3.8, 4) is 0 Å². The van der Waals surface area contributed by atoms with Crippen LogP contribution >= 0.6 is 69.6 Å². The van der Waals surface area contributed by atoms with Gasteiger partial charge in [-0.05, 0) is 5.57 Å². The van der Waals surface area contributed by atoms with Crippen LogP contribution in [0.2, 0.25) is 0 Å². The summed E-state index contributed by atoms with van der Waals surface area (Å²) in [4.78, 5) is 0. The molecule has 2 unspecified atom stereocenters. The summed E-state index contributed by atoms with van der Waals surface area (Å²) in [6, 6.07) is 0. The molecular weight excluding hydrogens is 333 g/mol. The Morgan fingerprint density at radius 2 is 1.56 bits per heavy atom. The van der Waals surface area contributed by atoms with Crippen LogP contribution in [0, 0.1) is 17.3 Å². The lowest BCUT2D eigenvalue weighted by atomic mass is 9.72. The van der Waals surface area contributed by atoms with Gasteiger partial charge < -0.3 is 0 Å². The Kier molecular flexibility index (Phi) is 4.23. The predicted octanol–water partition coefficient (Wildman–Crippen LogP) is 4.65. The monoisotopic (exact) mass is 340 g/mol. The van der Waals surface area contributed by atoms with E-state index in [1.165, 1.54) is 5.54 Å². The summed E-state index contributed by atoms with van der Waals surface area (Å²) in [6.07, 6.45) is 0. The zero-order valence-corrected chi connectivity index (χ0v) is 12.7. The third-order valence-corrected chi connectivity index (χ3v) is 6.79. The molecule has 2 fully saturated rings. The lowest BCUT2D eigenvalue weighted by molar-refractivity contribution is 0.306. The largest absolute Gasteiger partial charge is 0.126 e. The van der Waals surface area contributed by atoms with Crippen molar-refractivity contribution in [2.45, 2.75) is 16.1 Å². The zero-order chi connectivity index (χ0) is 12.1. The van der Waals surface area contributed by atoms with E-state index in [0.29, 0.717) is 11.8 Å². The fourth-order valence-electron chi connectivity index (χ4n) is 3.00. The smallest absolute Gasteiger partial charge is 0.0583 e. The van der Waals surface area contributed by atoms with E-state index in [9.17, 15) is 0 Å². The van der Waals surface area contributed by atoms with Gasteiger partial charge in [0.25, 0.3) is 0 Å². The summed E-state index contributed by atoms with van der Waals surface area (Å²) in [6.45, 7) is 0. The average Bonchev–Trinajstić information content (AvgIpc) is 2.66. The van der Waals surface area contributed by atoms with Crippen LogP contribution in [0.1, 0.15) is 0 Å². The Morgan fingerprint density at radius 3 is 2.00 bits per heavy atom. The van der Waals surface area contributed by atoms with Gasteiger partial charge in [-0.3, -0.25) is 0 Å². The van der Waals surface area contributed by atoms with E-state index >= 15 is 0 Å². The maximum absolute atomic E-state index is 6.39. The number of rotatable bonds is 2. The molecule has 16 heavy (non-hydrogen) atoms. The van der Waals surface area contributed by atoms with Crippen LogP contribution in [0.5, 0.6) is 0 Å². The van der Waals surface area contributed by atoms with Gasteiger partial charge in [-0.25, -0.2) is 0 Å². The van der Waals surface area contributed by atoms with Gasteiger partial charge in [0.05, 0.1) is 10.8 Å². The molecule has 5 atom stereocenters. The van der Waals surface area contributed by atoms with Gasteiger partial charge in [-0.1, -0.05) is 11.6 Å². The third kappa shape index (κ3) is 1.57. The molecule has 0 nitrogen and oxygen atoms in total. The van der Waals surface area contributed by atoms with Crippen LogP contribution in [0.15, 0.2) is 11.1 Å². The quantitative estimate of drug-likeness (QED) is 0.640. The molecule has 6 heteroatoms. The van der Waals surface area contributed by atoms with Crippen LogP contribution in [0.25, 0.3) is 0 Å². The van der Waals surface area contributed by atoms with Gasteiger partial charge >= 0.3 is 0 Å². The average molecular weight is 343 g/mol. The number of allylic oxidation sites excluding steroid dienone is 1. The van der Waals surface area contributed by atoms with Crippen LogP contribution in [-0.2, 0) is 0 Å². The summed E-state index contributed by atoms with van der Waals surface area (Å²) in [7, 11) is 0. The van der Waals surface area contributed by atoms with Crippen LogP contribution in [0.4, 0.5) is 0 Å². The first-order valence-corrected chi connectivity index (χ1v) is 7.71. The van der Waals surface area contributed by atoms with Crippen molar-refractivity contribution in [3.63, 3.8) is 0 Å². The van der Waals surface area contributed by atoms with Crippen molar-refractivity contribution in [1.82, 2.24) is 0 Å². The molecule has 0 aromatic carbocycles. The highest BCUT2D eigenvalue weighted by molar-refractivity contribution is 6.35. The number of hydrogen-bond donors (Lipinski definition) is 0. The highest BCUT2D eigenvalue weighted by atomic mass is 35.5. The summed E-state index contributed by atoms with van der Waals surface area (Å²) >= 11 is 37.0. The standard InChI is InChI=1S/C10H10Cl6/c11-1-4-5-7(14)6(9(16)8(5)15)10(4,2-12)3-13/h1,5-9H,2-3H2/b4-1+/t5-,6?,7?,8+,9+/m0/s1. The van der Waals surface area contributed by atoms with Crippen molar-refractivity contribution in [3.05, 3.63) is 11.1 Å². The zero-order valence-electron chi connectivity index (χ0n) is 8.15. The second-order valence-corrected chi connectivity index (χ2v) is 6.64. The number of halogens is 6. The first kappa shape index (κ1) is 13.9. The number of alkyl halides is 5. The fraction of sp³-hybridized carbons (Fsp3) is 0.800. The molecule has 0 aromatic rings. The van der Waals surface area contributed by atoms with Gasteiger partial charge in [0.2, 0.25) is 0 Å². The minimum Gasteiger partial charge on any atom is -0.126 e. The van der Waals surface area contributed by atoms with Gasteiger partial charge in [0.1, 0.15) is 0 Å². The molecular formula is C10H10Cl6. The lowest BCUT2D eigenvalue weighted by Crippen LogP contribution is -2.43. The van der Waals surface area contributed by atoms with E-state index < -0.39 is 5.41 Å². The highest BCUT2D eigenvalue weighted by Crippen LogP contribution is 2.64.